The van der Waals surface area contributed by atoms with E-state index in [1.807, 2.05) is 20.8 Å². The average Bonchev–Trinajstić information content (AvgIpc) is 2.69. The van der Waals surface area contributed by atoms with Crippen molar-refractivity contribution in [1.29, 1.82) is 0 Å². The van der Waals surface area contributed by atoms with Crippen molar-refractivity contribution in [3.63, 3.8) is 0 Å². The van der Waals surface area contributed by atoms with Gasteiger partial charge in [-0.3, -0.25) is 14.4 Å². The fourth-order valence-corrected chi connectivity index (χ4v) is 2.54. The summed E-state index contributed by atoms with van der Waals surface area (Å²) in [5.41, 5.74) is 3.44. The second-order valence-corrected chi connectivity index (χ2v) is 8.41. The summed E-state index contributed by atoms with van der Waals surface area (Å²) in [5.74, 6) is -0.545. The number of nitrogens with zero attached hydrogens (tertiary/aromatic N) is 1. The lowest BCUT2D eigenvalue weighted by molar-refractivity contribution is -0.134. The highest BCUT2D eigenvalue weighted by molar-refractivity contribution is 9.10. The fraction of sp³-hybridized carbons (Fsp3) is 0.273. The van der Waals surface area contributed by atoms with Gasteiger partial charge < -0.3 is 10.1 Å². The third kappa shape index (κ3) is 6.81. The number of hydrazone groups is 1. The van der Waals surface area contributed by atoms with Crippen LogP contribution < -0.4 is 15.5 Å². The molecule has 0 unspecified atom stereocenters. The van der Waals surface area contributed by atoms with Gasteiger partial charge in [0.25, 0.3) is 5.91 Å². The summed E-state index contributed by atoms with van der Waals surface area (Å²) in [6.07, 6.45) is 1.65. The standard InChI is InChI=1S/C22H24BrN3O4/c1-5-19(27)30-18-11-8-16(23)12-15(18)13-24-26-20(28)14-6-9-17(10-7-14)25-21(29)22(2,3)4/h6-13H,5H2,1-4H3,(H,25,29)(H,26,28)/b24-13-. The van der Waals surface area contributed by atoms with Crippen molar-refractivity contribution < 1.29 is 19.1 Å². The van der Waals surface area contributed by atoms with Crippen LogP contribution in [-0.4, -0.2) is 24.0 Å². The van der Waals surface area contributed by atoms with E-state index in [0.29, 0.717) is 22.6 Å². The van der Waals surface area contributed by atoms with Crippen LogP contribution in [0.4, 0.5) is 5.69 Å². The van der Waals surface area contributed by atoms with Gasteiger partial charge in [0.15, 0.2) is 0 Å². The molecule has 8 heteroatoms. The Bertz CT molecular complexity index is 963. The highest BCUT2D eigenvalue weighted by atomic mass is 79.9. The number of anilines is 1. The average molecular weight is 474 g/mol. The van der Waals surface area contributed by atoms with E-state index in [0.717, 1.165) is 4.47 Å². The number of amides is 2. The first-order valence-electron chi connectivity index (χ1n) is 9.35. The molecule has 0 atom stereocenters. The third-order valence-electron chi connectivity index (χ3n) is 3.94. The molecule has 158 valence electrons. The minimum absolute atomic E-state index is 0.113. The zero-order valence-corrected chi connectivity index (χ0v) is 18.9. The van der Waals surface area contributed by atoms with Crippen molar-refractivity contribution in [3.8, 4) is 5.75 Å². The summed E-state index contributed by atoms with van der Waals surface area (Å²) in [6.45, 7) is 7.17. The molecule has 0 aliphatic carbocycles. The maximum atomic E-state index is 12.3. The van der Waals surface area contributed by atoms with Gasteiger partial charge >= 0.3 is 5.97 Å². The molecule has 0 saturated heterocycles. The zero-order chi connectivity index (χ0) is 22.3. The molecule has 2 N–H and O–H groups in total. The van der Waals surface area contributed by atoms with Gasteiger partial charge in [-0.1, -0.05) is 43.6 Å². The molecule has 2 aromatic rings. The lowest BCUT2D eigenvalue weighted by atomic mass is 9.95. The van der Waals surface area contributed by atoms with E-state index in [2.05, 4.69) is 31.8 Å². The zero-order valence-electron chi connectivity index (χ0n) is 17.3. The van der Waals surface area contributed by atoms with Crippen LogP contribution in [0.1, 0.15) is 50.0 Å². The first-order chi connectivity index (χ1) is 14.1. The Labute approximate surface area is 184 Å². The molecule has 2 amide bonds. The fourth-order valence-electron chi connectivity index (χ4n) is 2.16. The Balaban J connectivity index is 2.04. The van der Waals surface area contributed by atoms with E-state index in [1.54, 1.807) is 49.4 Å². The summed E-state index contributed by atoms with van der Waals surface area (Å²) in [7, 11) is 0. The summed E-state index contributed by atoms with van der Waals surface area (Å²) >= 11 is 3.35. The van der Waals surface area contributed by atoms with Crippen LogP contribution in [0, 0.1) is 5.41 Å². The topological polar surface area (TPSA) is 96.9 Å². The minimum Gasteiger partial charge on any atom is -0.426 e. The van der Waals surface area contributed by atoms with Gasteiger partial charge in [-0.25, -0.2) is 5.43 Å². The third-order valence-corrected chi connectivity index (χ3v) is 4.43. The number of hydrogen-bond donors (Lipinski definition) is 2. The Morgan fingerprint density at radius 3 is 2.37 bits per heavy atom. The van der Waals surface area contributed by atoms with Crippen molar-refractivity contribution in [2.75, 3.05) is 5.32 Å². The first-order valence-corrected chi connectivity index (χ1v) is 10.1. The number of halogens is 1. The highest BCUT2D eigenvalue weighted by Gasteiger charge is 2.21. The van der Waals surface area contributed by atoms with Gasteiger partial charge in [0.1, 0.15) is 5.75 Å². The molecular formula is C22H24BrN3O4. The van der Waals surface area contributed by atoms with Gasteiger partial charge in [-0.15, -0.1) is 0 Å². The maximum absolute atomic E-state index is 12.3. The second-order valence-electron chi connectivity index (χ2n) is 7.49. The number of benzene rings is 2. The van der Waals surface area contributed by atoms with Crippen LogP contribution in [-0.2, 0) is 9.59 Å². The van der Waals surface area contributed by atoms with Crippen LogP contribution in [0.15, 0.2) is 52.0 Å². The van der Waals surface area contributed by atoms with E-state index < -0.39 is 11.3 Å². The van der Waals surface area contributed by atoms with Crippen molar-refractivity contribution >= 4 is 45.6 Å². The Kier molecular flexibility index (Phi) is 7.88. The van der Waals surface area contributed by atoms with E-state index >= 15 is 0 Å². The number of hydrogen-bond acceptors (Lipinski definition) is 5. The number of carbonyl (C=O) groups is 3. The Morgan fingerprint density at radius 2 is 1.77 bits per heavy atom. The molecule has 0 fully saturated rings. The summed E-state index contributed by atoms with van der Waals surface area (Å²) < 4.78 is 6.04. The largest absolute Gasteiger partial charge is 0.426 e. The van der Waals surface area contributed by atoms with E-state index in [4.69, 9.17) is 4.74 Å². The van der Waals surface area contributed by atoms with Gasteiger partial charge in [-0.05, 0) is 42.5 Å². The SMILES string of the molecule is CCC(=O)Oc1ccc(Br)cc1/C=N\NC(=O)c1ccc(NC(=O)C(C)(C)C)cc1. The lowest BCUT2D eigenvalue weighted by Crippen LogP contribution is -2.27. The molecule has 0 bridgehead atoms. The smallest absolute Gasteiger partial charge is 0.310 e. The number of nitrogens with one attached hydrogen (secondary N) is 2. The van der Waals surface area contributed by atoms with Gasteiger partial charge in [-0.2, -0.15) is 5.10 Å². The monoisotopic (exact) mass is 473 g/mol. The predicted octanol–water partition coefficient (Wildman–Crippen LogP) is 4.51. The van der Waals surface area contributed by atoms with Crippen molar-refractivity contribution in [2.24, 2.45) is 10.5 Å². The van der Waals surface area contributed by atoms with Crippen molar-refractivity contribution in [2.45, 2.75) is 34.1 Å². The van der Waals surface area contributed by atoms with Gasteiger partial charge in [0, 0.05) is 33.1 Å². The Morgan fingerprint density at radius 1 is 1.10 bits per heavy atom. The molecule has 2 rings (SSSR count). The molecule has 2 aromatic carbocycles. The van der Waals surface area contributed by atoms with E-state index in [1.165, 1.54) is 6.21 Å². The molecule has 0 heterocycles. The number of carbonyl (C=O) groups excluding carboxylic acids is 3. The van der Waals surface area contributed by atoms with E-state index in [-0.39, 0.29) is 18.3 Å². The lowest BCUT2D eigenvalue weighted by Gasteiger charge is -2.17. The summed E-state index contributed by atoms with van der Waals surface area (Å²) in [5, 5.41) is 6.75. The van der Waals surface area contributed by atoms with Gasteiger partial charge in [0.05, 0.1) is 6.21 Å². The maximum Gasteiger partial charge on any atom is 0.310 e. The van der Waals surface area contributed by atoms with Crippen LogP contribution in [0.25, 0.3) is 0 Å². The van der Waals surface area contributed by atoms with Crippen LogP contribution in [0.2, 0.25) is 0 Å². The van der Waals surface area contributed by atoms with Crippen LogP contribution in [0.5, 0.6) is 5.75 Å². The molecule has 0 spiro atoms. The molecule has 0 aliphatic heterocycles. The summed E-state index contributed by atoms with van der Waals surface area (Å²) in [4.78, 5) is 35.9. The molecule has 30 heavy (non-hydrogen) atoms. The first kappa shape index (κ1) is 23.3. The summed E-state index contributed by atoms with van der Waals surface area (Å²) in [6, 6.07) is 11.6. The van der Waals surface area contributed by atoms with Crippen LogP contribution >= 0.6 is 15.9 Å². The minimum atomic E-state index is -0.512. The number of rotatable bonds is 6. The normalized spacial score (nSPS) is 11.2. The molecule has 0 aliphatic rings. The molecule has 0 aromatic heterocycles. The van der Waals surface area contributed by atoms with Crippen LogP contribution in [0.3, 0.4) is 0 Å². The van der Waals surface area contributed by atoms with Crippen molar-refractivity contribution in [3.05, 3.63) is 58.1 Å². The van der Waals surface area contributed by atoms with Crippen molar-refractivity contribution in [1.82, 2.24) is 5.43 Å². The number of ether oxygens (including phenoxy) is 1. The Hall–Kier alpha value is -3.00. The molecule has 0 saturated carbocycles. The highest BCUT2D eigenvalue weighted by Crippen LogP contribution is 2.22. The predicted molar refractivity (Wildman–Crippen MR) is 120 cm³/mol. The molecule has 0 radical (unpaired) electrons. The van der Waals surface area contributed by atoms with Gasteiger partial charge in [0.2, 0.25) is 5.91 Å². The quantitative estimate of drug-likeness (QED) is 0.279. The number of esters is 1. The second kappa shape index (κ2) is 10.2. The molecular weight excluding hydrogens is 450 g/mol. The van der Waals surface area contributed by atoms with E-state index in [9.17, 15) is 14.4 Å². The molecule has 7 nitrogen and oxygen atoms in total.